The maximum atomic E-state index is 13.8. The zero-order chi connectivity index (χ0) is 14.1. The molecule has 3 aromatic rings. The van der Waals surface area contributed by atoms with Gasteiger partial charge < -0.3 is 9.73 Å². The van der Waals surface area contributed by atoms with Crippen LogP contribution < -0.4 is 5.32 Å². The molecule has 0 saturated carbocycles. The number of hydrogen-bond donors (Lipinski definition) is 1. The standard InChI is InChI=1S/C16H15FN2O/c1-3-18-11-8-10(2)15-14(9-11)19-16(20-15)12-6-4-5-7-13(12)17/h4-9,18H,3H2,1-2H3. The summed E-state index contributed by atoms with van der Waals surface area (Å²) >= 11 is 0. The molecule has 0 fully saturated rings. The molecule has 0 saturated heterocycles. The van der Waals surface area contributed by atoms with Gasteiger partial charge in [0.1, 0.15) is 11.3 Å². The largest absolute Gasteiger partial charge is 0.436 e. The Morgan fingerprint density at radius 2 is 2.05 bits per heavy atom. The fraction of sp³-hybridized carbons (Fsp3) is 0.188. The number of benzene rings is 2. The summed E-state index contributed by atoms with van der Waals surface area (Å²) in [6, 6.07) is 10.4. The van der Waals surface area contributed by atoms with Crippen LogP contribution in [0.4, 0.5) is 10.1 Å². The molecule has 20 heavy (non-hydrogen) atoms. The quantitative estimate of drug-likeness (QED) is 0.767. The molecule has 1 aromatic heterocycles. The molecule has 1 N–H and O–H groups in total. The van der Waals surface area contributed by atoms with Gasteiger partial charge in [0.15, 0.2) is 5.58 Å². The van der Waals surface area contributed by atoms with E-state index in [0.717, 1.165) is 23.3 Å². The highest BCUT2D eigenvalue weighted by atomic mass is 19.1. The van der Waals surface area contributed by atoms with Crippen LogP contribution in [0, 0.1) is 12.7 Å². The summed E-state index contributed by atoms with van der Waals surface area (Å²) in [5, 5.41) is 3.25. The first-order chi connectivity index (χ1) is 9.69. The Bertz CT molecular complexity index is 764. The Morgan fingerprint density at radius 3 is 2.80 bits per heavy atom. The monoisotopic (exact) mass is 270 g/mol. The second-order valence-corrected chi connectivity index (χ2v) is 4.67. The minimum Gasteiger partial charge on any atom is -0.436 e. The van der Waals surface area contributed by atoms with E-state index in [-0.39, 0.29) is 5.82 Å². The van der Waals surface area contributed by atoms with Crippen LogP contribution in [-0.2, 0) is 0 Å². The van der Waals surface area contributed by atoms with Crippen molar-refractivity contribution in [1.82, 2.24) is 4.98 Å². The first-order valence-corrected chi connectivity index (χ1v) is 6.59. The van der Waals surface area contributed by atoms with Crippen molar-refractivity contribution in [2.45, 2.75) is 13.8 Å². The minimum atomic E-state index is -0.330. The Hall–Kier alpha value is -2.36. The molecule has 1 heterocycles. The highest BCUT2D eigenvalue weighted by Gasteiger charge is 2.14. The van der Waals surface area contributed by atoms with E-state index in [4.69, 9.17) is 4.42 Å². The van der Waals surface area contributed by atoms with Gasteiger partial charge in [-0.15, -0.1) is 0 Å². The van der Waals surface area contributed by atoms with Crippen LogP contribution in [0.5, 0.6) is 0 Å². The van der Waals surface area contributed by atoms with Crippen LogP contribution in [-0.4, -0.2) is 11.5 Å². The van der Waals surface area contributed by atoms with Crippen molar-refractivity contribution in [1.29, 1.82) is 0 Å². The van der Waals surface area contributed by atoms with Crippen molar-refractivity contribution in [2.24, 2.45) is 0 Å². The summed E-state index contributed by atoms with van der Waals surface area (Å²) in [7, 11) is 0. The topological polar surface area (TPSA) is 38.1 Å². The number of anilines is 1. The lowest BCUT2D eigenvalue weighted by Gasteiger charge is -2.03. The summed E-state index contributed by atoms with van der Waals surface area (Å²) < 4.78 is 19.5. The second-order valence-electron chi connectivity index (χ2n) is 4.67. The normalized spacial score (nSPS) is 10.9. The zero-order valence-electron chi connectivity index (χ0n) is 11.4. The van der Waals surface area contributed by atoms with Crippen molar-refractivity contribution in [2.75, 3.05) is 11.9 Å². The van der Waals surface area contributed by atoms with Crippen LogP contribution in [0.3, 0.4) is 0 Å². The molecular formula is C16H15FN2O. The number of nitrogens with zero attached hydrogens (tertiary/aromatic N) is 1. The van der Waals surface area contributed by atoms with E-state index in [0.29, 0.717) is 17.0 Å². The summed E-state index contributed by atoms with van der Waals surface area (Å²) in [6.07, 6.45) is 0. The first-order valence-electron chi connectivity index (χ1n) is 6.59. The van der Waals surface area contributed by atoms with E-state index in [1.807, 2.05) is 26.0 Å². The van der Waals surface area contributed by atoms with E-state index in [1.165, 1.54) is 6.07 Å². The Kier molecular flexibility index (Phi) is 3.14. The predicted octanol–water partition coefficient (Wildman–Crippen LogP) is 4.37. The molecule has 0 unspecified atom stereocenters. The van der Waals surface area contributed by atoms with Crippen molar-refractivity contribution in [3.05, 3.63) is 47.8 Å². The summed E-state index contributed by atoms with van der Waals surface area (Å²) in [6.45, 7) is 4.83. The fourth-order valence-corrected chi connectivity index (χ4v) is 2.26. The molecule has 0 spiro atoms. The molecule has 3 rings (SSSR count). The van der Waals surface area contributed by atoms with Gasteiger partial charge in [0, 0.05) is 12.2 Å². The van der Waals surface area contributed by atoms with Gasteiger partial charge in [-0.2, -0.15) is 0 Å². The average molecular weight is 270 g/mol. The molecule has 4 heteroatoms. The van der Waals surface area contributed by atoms with Crippen molar-refractivity contribution < 1.29 is 8.81 Å². The second kappa shape index (κ2) is 4.96. The molecule has 0 atom stereocenters. The zero-order valence-corrected chi connectivity index (χ0v) is 11.4. The smallest absolute Gasteiger partial charge is 0.230 e. The van der Waals surface area contributed by atoms with Crippen LogP contribution in [0.25, 0.3) is 22.6 Å². The Morgan fingerprint density at radius 1 is 1.25 bits per heavy atom. The number of hydrogen-bond acceptors (Lipinski definition) is 3. The molecule has 102 valence electrons. The van der Waals surface area contributed by atoms with Gasteiger partial charge in [-0.3, -0.25) is 0 Å². The summed E-state index contributed by atoms with van der Waals surface area (Å²) in [4.78, 5) is 4.40. The number of aryl methyl sites for hydroxylation is 1. The third kappa shape index (κ3) is 2.13. The molecule has 0 aliphatic rings. The van der Waals surface area contributed by atoms with Crippen LogP contribution >= 0.6 is 0 Å². The molecule has 3 nitrogen and oxygen atoms in total. The highest BCUT2D eigenvalue weighted by Crippen LogP contribution is 2.30. The van der Waals surface area contributed by atoms with Gasteiger partial charge >= 0.3 is 0 Å². The number of rotatable bonds is 3. The third-order valence-electron chi connectivity index (χ3n) is 3.16. The molecular weight excluding hydrogens is 255 g/mol. The number of aromatic nitrogens is 1. The number of fused-ring (bicyclic) bond motifs is 1. The molecule has 0 bridgehead atoms. The van der Waals surface area contributed by atoms with Gasteiger partial charge in [0.2, 0.25) is 5.89 Å². The summed E-state index contributed by atoms with van der Waals surface area (Å²) in [5.41, 5.74) is 3.79. The van der Waals surface area contributed by atoms with Crippen LogP contribution in [0.1, 0.15) is 12.5 Å². The maximum Gasteiger partial charge on any atom is 0.230 e. The van der Waals surface area contributed by atoms with Gasteiger partial charge in [0.05, 0.1) is 5.56 Å². The van der Waals surface area contributed by atoms with E-state index in [9.17, 15) is 4.39 Å². The van der Waals surface area contributed by atoms with Crippen molar-refractivity contribution >= 4 is 16.8 Å². The van der Waals surface area contributed by atoms with E-state index >= 15 is 0 Å². The van der Waals surface area contributed by atoms with Gasteiger partial charge in [-0.05, 0) is 43.7 Å². The maximum absolute atomic E-state index is 13.8. The number of halogens is 1. The van der Waals surface area contributed by atoms with Gasteiger partial charge in [-0.1, -0.05) is 12.1 Å². The van der Waals surface area contributed by atoms with Gasteiger partial charge in [0.25, 0.3) is 0 Å². The van der Waals surface area contributed by atoms with Gasteiger partial charge in [-0.25, -0.2) is 9.37 Å². The first kappa shape index (κ1) is 12.7. The van der Waals surface area contributed by atoms with Crippen molar-refractivity contribution in [3.63, 3.8) is 0 Å². The third-order valence-corrected chi connectivity index (χ3v) is 3.16. The summed E-state index contributed by atoms with van der Waals surface area (Å²) in [5.74, 6) is -0.0153. The van der Waals surface area contributed by atoms with E-state index in [2.05, 4.69) is 10.3 Å². The molecule has 2 aromatic carbocycles. The lowest BCUT2D eigenvalue weighted by molar-refractivity contribution is 0.592. The highest BCUT2D eigenvalue weighted by molar-refractivity contribution is 5.83. The molecule has 0 radical (unpaired) electrons. The Labute approximate surface area is 116 Å². The lowest BCUT2D eigenvalue weighted by atomic mass is 10.2. The molecule has 0 aliphatic carbocycles. The lowest BCUT2D eigenvalue weighted by Crippen LogP contribution is -1.96. The average Bonchev–Trinajstić information content (AvgIpc) is 2.84. The van der Waals surface area contributed by atoms with Crippen molar-refractivity contribution in [3.8, 4) is 11.5 Å². The number of oxazole rings is 1. The Balaban J connectivity index is 2.16. The SMILES string of the molecule is CCNc1cc(C)c2oc(-c3ccccc3F)nc2c1. The van der Waals surface area contributed by atoms with E-state index in [1.54, 1.807) is 18.2 Å². The van der Waals surface area contributed by atoms with Crippen LogP contribution in [0.2, 0.25) is 0 Å². The molecule has 0 aliphatic heterocycles. The predicted molar refractivity (Wildman–Crippen MR) is 78.3 cm³/mol. The molecule has 0 amide bonds. The fourth-order valence-electron chi connectivity index (χ4n) is 2.26. The number of nitrogens with one attached hydrogen (secondary N) is 1. The van der Waals surface area contributed by atoms with E-state index < -0.39 is 0 Å². The minimum absolute atomic E-state index is 0.315. The van der Waals surface area contributed by atoms with Crippen LogP contribution in [0.15, 0.2) is 40.8 Å².